The minimum absolute atomic E-state index is 0.00181. The van der Waals surface area contributed by atoms with E-state index >= 15 is 0 Å². The maximum Gasteiger partial charge on any atom is 0.407 e. The summed E-state index contributed by atoms with van der Waals surface area (Å²) < 4.78 is 88.0. The van der Waals surface area contributed by atoms with Crippen molar-refractivity contribution in [2.75, 3.05) is 172 Å². The molecule has 36 heteroatoms. The van der Waals surface area contributed by atoms with Gasteiger partial charge in [0.25, 0.3) is 11.7 Å². The van der Waals surface area contributed by atoms with Crippen molar-refractivity contribution >= 4 is 69.1 Å². The average Bonchev–Trinajstić information content (AvgIpc) is 1.59. The van der Waals surface area contributed by atoms with Crippen LogP contribution in [-0.2, 0) is 119 Å². The van der Waals surface area contributed by atoms with E-state index in [1.807, 2.05) is 72.1 Å². The smallest absolute Gasteiger partial charge is 0.407 e. The predicted octanol–water partition coefficient (Wildman–Crippen LogP) is 7.41. The minimum Gasteiger partial charge on any atom is -0.459 e. The number of pyridine rings is 1. The Morgan fingerprint density at radius 3 is 1.98 bits per heavy atom. The van der Waals surface area contributed by atoms with E-state index in [0.29, 0.717) is 212 Å². The molecule has 36 nitrogen and oxygen atoms in total. The Bertz CT molecular complexity index is 4560. The van der Waals surface area contributed by atoms with Gasteiger partial charge in [-0.25, -0.2) is 29.2 Å². The number of nitrogens with one attached hydrogen (secondary N) is 2. The van der Waals surface area contributed by atoms with E-state index in [1.165, 1.54) is 32.0 Å². The monoisotopic (exact) mass is 1830 g/mol. The van der Waals surface area contributed by atoms with Gasteiger partial charge >= 0.3 is 12.1 Å². The Morgan fingerprint density at radius 2 is 1.34 bits per heavy atom. The SMILES string of the molecule is CO[C@H]1C[C@@H]2CC[C@@H](C)[C@@](O)(O2)C(=O)C(=O)N2CCCC[C@H]2C(=O)O[C@H]([C@H](N)C[C@@H]2CC[C@@H](OC(=O)NCCOCCOCCOCCOCCOCCOCCOCCOCCOCCOCCC(=O)N3CCc4cc(Cn5nc(-c6cnc7[nH]ccc7c6)c6c(N)ncnc65)ccc4C3)[C@H](OC)C2)CC(=O)[C@H](C)/C=C(\C)[C@@H](O)[C@@H](O)C(=O)[C@H](C)C[C@H](C)/C=C/C=CC=C1C. The van der Waals surface area contributed by atoms with Crippen LogP contribution < -0.4 is 16.8 Å². The summed E-state index contributed by atoms with van der Waals surface area (Å²) >= 11 is 0. The number of allylic oxidation sites excluding steroid dienone is 6. The molecule has 4 aliphatic heterocycles. The zero-order valence-electron chi connectivity index (χ0n) is 77.4. The van der Waals surface area contributed by atoms with Crippen LogP contribution >= 0.6 is 0 Å². The highest BCUT2D eigenvalue weighted by molar-refractivity contribution is 6.39. The van der Waals surface area contributed by atoms with Crippen molar-refractivity contribution in [3.05, 3.63) is 113 Å². The first-order chi connectivity index (χ1) is 63.3. The topological polar surface area (TPSA) is 461 Å². The molecule has 4 aromatic heterocycles. The number of piperidine rings is 1. The first-order valence-corrected chi connectivity index (χ1v) is 46.2. The fraction of sp³-hybridized carbons (Fsp3) is 0.653. The van der Waals surface area contributed by atoms with Crippen LogP contribution in [0.2, 0.25) is 0 Å². The summed E-state index contributed by atoms with van der Waals surface area (Å²) in [6.07, 6.45) is 12.9. The molecule has 9 N–H and O–H groups in total. The average molecular weight is 1840 g/mol. The molecule has 0 unspecified atom stereocenters. The van der Waals surface area contributed by atoms with Crippen molar-refractivity contribution in [2.24, 2.45) is 35.3 Å². The van der Waals surface area contributed by atoms with Crippen molar-refractivity contribution in [1.29, 1.82) is 0 Å². The zero-order chi connectivity index (χ0) is 93.6. The molecule has 8 heterocycles. The number of aliphatic hydroxyl groups is 3. The van der Waals surface area contributed by atoms with Crippen LogP contribution in [0.4, 0.5) is 10.6 Å². The molecule has 0 radical (unpaired) electrons. The van der Waals surface area contributed by atoms with Crippen LogP contribution in [0.15, 0.2) is 96.7 Å². The molecule has 1 aromatic carbocycles. The summed E-state index contributed by atoms with van der Waals surface area (Å²) in [5.74, 6) is -8.89. The highest BCUT2D eigenvalue weighted by Crippen LogP contribution is 2.39. The first kappa shape index (κ1) is 104. The van der Waals surface area contributed by atoms with Crippen molar-refractivity contribution in [3.8, 4) is 11.3 Å². The van der Waals surface area contributed by atoms with Gasteiger partial charge in [0, 0.05) is 100 Å². The summed E-state index contributed by atoms with van der Waals surface area (Å²) in [4.78, 5) is 117. The third kappa shape index (κ3) is 32.0. The number of nitrogen functional groups attached to an aromatic ring is 1. The Labute approximate surface area is 767 Å². The second-order valence-corrected chi connectivity index (χ2v) is 34.5. The third-order valence-electron chi connectivity index (χ3n) is 24.7. The summed E-state index contributed by atoms with van der Waals surface area (Å²) in [5, 5.41) is 43.9. The van der Waals surface area contributed by atoms with Gasteiger partial charge in [-0.1, -0.05) is 82.4 Å². The number of hydrogen-bond donors (Lipinski definition) is 7. The first-order valence-electron chi connectivity index (χ1n) is 46.2. The van der Waals surface area contributed by atoms with Crippen molar-refractivity contribution in [1.82, 2.24) is 44.8 Å². The number of carbonyl (C=O) groups is 7. The quantitative estimate of drug-likeness (QED) is 0.00865. The number of nitrogens with two attached hydrogens (primary N) is 2. The number of fused-ring (bicyclic) bond motifs is 6. The molecule has 724 valence electrons. The van der Waals surface area contributed by atoms with Crippen molar-refractivity contribution in [2.45, 2.75) is 205 Å². The number of ketones is 3. The molecule has 2 bridgehead atoms. The van der Waals surface area contributed by atoms with Gasteiger partial charge in [0.15, 0.2) is 11.4 Å². The van der Waals surface area contributed by atoms with E-state index in [0.717, 1.165) is 44.6 Å². The second-order valence-electron chi connectivity index (χ2n) is 34.5. The van der Waals surface area contributed by atoms with Gasteiger partial charge in [0.2, 0.25) is 11.7 Å². The number of Topliss-reactive ketones (excluding diaryl/α,β-unsaturated/α-hetero) is 3. The van der Waals surface area contributed by atoms with Crippen molar-refractivity contribution in [3.63, 3.8) is 0 Å². The second kappa shape index (κ2) is 54.6. The van der Waals surface area contributed by atoms with Gasteiger partial charge in [0.1, 0.15) is 59.7 Å². The molecule has 131 heavy (non-hydrogen) atoms. The number of cyclic esters (lactones) is 1. The number of methoxy groups -OCH3 is 2. The molecule has 10 rings (SSSR count). The molecule has 1 saturated carbocycles. The lowest BCUT2D eigenvalue weighted by Crippen LogP contribution is -2.61. The van der Waals surface area contributed by atoms with E-state index in [9.17, 15) is 48.9 Å². The highest BCUT2D eigenvalue weighted by atomic mass is 16.6. The van der Waals surface area contributed by atoms with Gasteiger partial charge in [-0.05, 0) is 136 Å². The number of alkyl carbamates (subject to hydrolysis) is 1. The van der Waals surface area contributed by atoms with Crippen LogP contribution in [0.3, 0.4) is 0 Å². The molecule has 15 atom stereocenters. The van der Waals surface area contributed by atoms with E-state index in [-0.39, 0.29) is 75.3 Å². The van der Waals surface area contributed by atoms with Crippen LogP contribution in [0.25, 0.3) is 33.3 Å². The number of aromatic nitrogens is 6. The number of hydrogen-bond acceptors (Lipinski definition) is 31. The number of carbonyl (C=O) groups excluding carboxylic acids is 7. The number of esters is 1. The molecule has 5 aromatic rings. The summed E-state index contributed by atoms with van der Waals surface area (Å²) in [5.41, 5.74) is 20.7. The fourth-order valence-corrected chi connectivity index (χ4v) is 17.1. The van der Waals surface area contributed by atoms with E-state index in [1.54, 1.807) is 34.1 Å². The Balaban J connectivity index is 0.519. The maximum absolute atomic E-state index is 14.7. The number of aromatic amines is 1. The largest absolute Gasteiger partial charge is 0.459 e. The van der Waals surface area contributed by atoms with Crippen LogP contribution in [0.5, 0.6) is 0 Å². The molecular weight excluding hydrogens is 1700 g/mol. The maximum atomic E-state index is 14.7. The molecule has 5 aliphatic rings. The number of H-pyrrole nitrogens is 1. The van der Waals surface area contributed by atoms with E-state index < -0.39 is 120 Å². The predicted molar refractivity (Wildman–Crippen MR) is 484 cm³/mol. The highest BCUT2D eigenvalue weighted by Gasteiger charge is 2.53. The fourth-order valence-electron chi connectivity index (χ4n) is 17.1. The molecule has 0 spiro atoms. The number of anilines is 1. The van der Waals surface area contributed by atoms with Gasteiger partial charge in [-0.3, -0.25) is 24.0 Å². The molecule has 2 saturated heterocycles. The van der Waals surface area contributed by atoms with Crippen LogP contribution in [0.1, 0.15) is 142 Å². The zero-order valence-corrected chi connectivity index (χ0v) is 77.4. The Hall–Kier alpha value is -8.77. The number of rotatable bonds is 42. The van der Waals surface area contributed by atoms with Gasteiger partial charge in [-0.15, -0.1) is 0 Å². The lowest BCUT2D eigenvalue weighted by Gasteiger charge is -2.42. The van der Waals surface area contributed by atoms with Crippen LogP contribution in [-0.4, -0.2) is 323 Å². The normalized spacial score (nSPS) is 25.9. The van der Waals surface area contributed by atoms with Gasteiger partial charge < -0.3 is 118 Å². The number of aliphatic hydroxyl groups excluding tert-OH is 2. The summed E-state index contributed by atoms with van der Waals surface area (Å²) in [6.45, 7) is 19.6. The number of ether oxygens (including phenoxy) is 15. The summed E-state index contributed by atoms with van der Waals surface area (Å²) in [6, 6.07) is 8.09. The van der Waals surface area contributed by atoms with Gasteiger partial charge in [-0.2, -0.15) is 5.10 Å². The summed E-state index contributed by atoms with van der Waals surface area (Å²) in [7, 11) is 3.06. The van der Waals surface area contributed by atoms with Crippen LogP contribution in [0, 0.1) is 29.6 Å². The third-order valence-corrected chi connectivity index (χ3v) is 24.7. The van der Waals surface area contributed by atoms with Gasteiger partial charge in [0.05, 0.1) is 169 Å². The number of nitrogens with zero attached hydrogens (tertiary/aromatic N) is 7. The minimum atomic E-state index is -2.51. The molecule has 3 fully saturated rings. The molecule has 1 aliphatic carbocycles. The number of amides is 3. The standard InChI is InChI=1S/C95H139N11O25/c1-62-14-10-9-11-15-63(2)79(117-7)56-74-21-17-67(6)95(116,131-74)88(112)92(113)105-28-13-12-16-76(105)93(114)129-80(57-77(107)64(3)51-66(5)86(110)87(111)85(109)65(4)50-62)75(96)53-68-19-22-78(81(54-68)118-8)130-94(115)99-27-31-120-33-35-122-37-39-124-41-43-126-45-47-128-49-48-127-46-44-125-42-40-123-38-36-121-34-32-119-30-25-82(108)104-29-24-70-52-69(18-20-72(70)60-104)59-106-91-83(89(97)101-61-102-91)84(103-106)73-55-71-23-26-98-90(71)100-58-73/h9-11,14-15,18,20,23,26,51-52,55,58,61-62,64-65,67-68,74-76,78-81,86-87,110-111,116H,12-13,16-17,19,21-22,24-25,27-50,53-54,56-57,59-60,96H2,1-8H3,(H,98,100)(H,99,115)(H2,97,101,102)/b11-9?,14-10+,63-15?,66-51+/t62-,64-,65-,67-,68+,74+,75-,76+,78-,79+,80+,81-,86-,87+,95-/m1/s1. The lowest BCUT2D eigenvalue weighted by atomic mass is 9.80. The van der Waals surface area contributed by atoms with Crippen molar-refractivity contribution < 1.29 is 120 Å². The van der Waals surface area contributed by atoms with E-state index in [2.05, 4.69) is 43.5 Å². The van der Waals surface area contributed by atoms with E-state index in [4.69, 9.17) is 87.6 Å². The lowest BCUT2D eigenvalue weighted by molar-refractivity contribution is -0.265. The molecule has 3 amide bonds. The number of benzene rings is 1. The Morgan fingerprint density at radius 1 is 0.687 bits per heavy atom. The Kier molecular flexibility index (Phi) is 43.4. The molecular formula is C95H139N11O25.